The van der Waals surface area contributed by atoms with Gasteiger partial charge in [0.25, 0.3) is 0 Å². The predicted octanol–water partition coefficient (Wildman–Crippen LogP) is 2.78. The molecule has 0 aliphatic carbocycles. The quantitative estimate of drug-likeness (QED) is 0.384. The van der Waals surface area contributed by atoms with Crippen molar-refractivity contribution in [3.63, 3.8) is 0 Å². The molecule has 158 valence electrons. The number of aromatic nitrogens is 3. The van der Waals surface area contributed by atoms with E-state index >= 15 is 0 Å². The van der Waals surface area contributed by atoms with Gasteiger partial charge in [-0.15, -0.1) is 10.2 Å². The Morgan fingerprint density at radius 1 is 1.17 bits per heavy atom. The molecule has 0 aliphatic heterocycles. The lowest BCUT2D eigenvalue weighted by atomic mass is 10.1. The molecule has 1 aromatic heterocycles. The maximum atomic E-state index is 12.2. The van der Waals surface area contributed by atoms with Gasteiger partial charge in [0.15, 0.2) is 17.3 Å². The van der Waals surface area contributed by atoms with E-state index in [1.165, 1.54) is 16.4 Å². The number of carbonyl (C=O) groups is 1. The molecule has 1 amide bonds. The lowest BCUT2D eigenvalue weighted by molar-refractivity contribution is -0.118. The molecule has 0 unspecified atom stereocenters. The fourth-order valence-electron chi connectivity index (χ4n) is 2.77. The first kappa shape index (κ1) is 21.8. The minimum atomic E-state index is -0.122. The SMILES string of the molecule is COc1ccc(CCNC(=O)CSc2nnc(-c3ccccc3Cl)n2N)cc1OC. The number of hydrogen-bond acceptors (Lipinski definition) is 7. The number of methoxy groups -OCH3 is 2. The van der Waals surface area contributed by atoms with Gasteiger partial charge < -0.3 is 20.6 Å². The van der Waals surface area contributed by atoms with Crippen LogP contribution in [0.4, 0.5) is 0 Å². The molecule has 0 fully saturated rings. The number of nitrogen functional groups attached to an aromatic ring is 1. The molecule has 0 spiro atoms. The van der Waals surface area contributed by atoms with Crippen LogP contribution in [0.15, 0.2) is 47.6 Å². The average molecular weight is 448 g/mol. The van der Waals surface area contributed by atoms with E-state index in [0.717, 1.165) is 5.56 Å². The highest BCUT2D eigenvalue weighted by Gasteiger charge is 2.15. The number of hydrogen-bond donors (Lipinski definition) is 2. The largest absolute Gasteiger partial charge is 0.493 e. The van der Waals surface area contributed by atoms with E-state index < -0.39 is 0 Å². The Morgan fingerprint density at radius 3 is 2.67 bits per heavy atom. The second-order valence-corrected chi connectivity index (χ2v) is 7.58. The van der Waals surface area contributed by atoms with Gasteiger partial charge in [-0.25, -0.2) is 4.68 Å². The summed E-state index contributed by atoms with van der Waals surface area (Å²) in [6, 6.07) is 12.9. The molecule has 0 saturated heterocycles. The summed E-state index contributed by atoms with van der Waals surface area (Å²) in [4.78, 5) is 12.2. The molecule has 0 atom stereocenters. The molecule has 8 nitrogen and oxygen atoms in total. The molecule has 0 bridgehead atoms. The smallest absolute Gasteiger partial charge is 0.230 e. The fourth-order valence-corrected chi connectivity index (χ4v) is 3.67. The number of nitrogens with two attached hydrogens (primary N) is 1. The summed E-state index contributed by atoms with van der Waals surface area (Å²) in [6.45, 7) is 0.495. The minimum Gasteiger partial charge on any atom is -0.493 e. The molecule has 2 aromatic carbocycles. The Bertz CT molecular complexity index is 1030. The molecule has 0 radical (unpaired) electrons. The van der Waals surface area contributed by atoms with Crippen LogP contribution in [-0.2, 0) is 11.2 Å². The molecule has 30 heavy (non-hydrogen) atoms. The maximum Gasteiger partial charge on any atom is 0.230 e. The minimum absolute atomic E-state index is 0.122. The Labute approximate surface area is 183 Å². The van der Waals surface area contributed by atoms with Gasteiger partial charge >= 0.3 is 0 Å². The molecule has 10 heteroatoms. The summed E-state index contributed by atoms with van der Waals surface area (Å²) >= 11 is 7.40. The number of rotatable bonds is 9. The summed E-state index contributed by atoms with van der Waals surface area (Å²) in [7, 11) is 3.18. The van der Waals surface area contributed by atoms with E-state index in [2.05, 4.69) is 15.5 Å². The molecule has 1 heterocycles. The van der Waals surface area contributed by atoms with E-state index in [4.69, 9.17) is 26.9 Å². The average Bonchev–Trinajstić information content (AvgIpc) is 3.12. The molecule has 3 aromatic rings. The summed E-state index contributed by atoms with van der Waals surface area (Å²) in [6.07, 6.45) is 0.667. The topological polar surface area (TPSA) is 104 Å². The van der Waals surface area contributed by atoms with Crippen LogP contribution in [-0.4, -0.2) is 47.3 Å². The molecule has 3 rings (SSSR count). The predicted molar refractivity (Wildman–Crippen MR) is 118 cm³/mol. The zero-order chi connectivity index (χ0) is 21.5. The number of thioether (sulfide) groups is 1. The monoisotopic (exact) mass is 447 g/mol. The van der Waals surface area contributed by atoms with E-state index in [9.17, 15) is 4.79 Å². The van der Waals surface area contributed by atoms with E-state index in [-0.39, 0.29) is 11.7 Å². The van der Waals surface area contributed by atoms with Crippen molar-refractivity contribution in [2.75, 3.05) is 32.4 Å². The number of nitrogens with one attached hydrogen (secondary N) is 1. The van der Waals surface area contributed by atoms with Gasteiger partial charge in [0.05, 0.1) is 25.0 Å². The van der Waals surface area contributed by atoms with Crippen LogP contribution in [0.3, 0.4) is 0 Å². The Balaban J connectivity index is 1.50. The second-order valence-electron chi connectivity index (χ2n) is 6.23. The molecule has 0 aliphatic rings. The lowest BCUT2D eigenvalue weighted by Gasteiger charge is -2.10. The van der Waals surface area contributed by atoms with Crippen LogP contribution in [0, 0.1) is 0 Å². The van der Waals surface area contributed by atoms with Crippen molar-refractivity contribution in [1.29, 1.82) is 0 Å². The number of ether oxygens (including phenoxy) is 2. The van der Waals surface area contributed by atoms with Gasteiger partial charge in [0.1, 0.15) is 0 Å². The van der Waals surface area contributed by atoms with Gasteiger partial charge in [-0.05, 0) is 36.2 Å². The van der Waals surface area contributed by atoms with Crippen LogP contribution in [0.1, 0.15) is 5.56 Å². The van der Waals surface area contributed by atoms with Crippen LogP contribution < -0.4 is 20.6 Å². The fraction of sp³-hybridized carbons (Fsp3) is 0.250. The zero-order valence-corrected chi connectivity index (χ0v) is 18.2. The van der Waals surface area contributed by atoms with Crippen LogP contribution in [0.25, 0.3) is 11.4 Å². The van der Waals surface area contributed by atoms with Gasteiger partial charge in [-0.1, -0.05) is 41.6 Å². The highest BCUT2D eigenvalue weighted by Crippen LogP contribution is 2.28. The van der Waals surface area contributed by atoms with Gasteiger partial charge in [-0.2, -0.15) is 0 Å². The number of halogens is 1. The number of carbonyl (C=O) groups excluding carboxylic acids is 1. The van der Waals surface area contributed by atoms with Crippen molar-refractivity contribution >= 4 is 29.3 Å². The van der Waals surface area contributed by atoms with E-state index in [1.54, 1.807) is 20.3 Å². The highest BCUT2D eigenvalue weighted by molar-refractivity contribution is 7.99. The second kappa shape index (κ2) is 10.2. The van der Waals surface area contributed by atoms with Crippen LogP contribution in [0.5, 0.6) is 11.5 Å². The number of benzene rings is 2. The number of nitrogens with zero attached hydrogens (tertiary/aromatic N) is 3. The normalized spacial score (nSPS) is 10.6. The summed E-state index contributed by atoms with van der Waals surface area (Å²) in [5.74, 6) is 7.90. The molecular formula is C20H22ClN5O3S. The van der Waals surface area contributed by atoms with Crippen molar-refractivity contribution in [1.82, 2.24) is 20.2 Å². The van der Waals surface area contributed by atoms with Crippen molar-refractivity contribution in [2.45, 2.75) is 11.6 Å². The summed E-state index contributed by atoms with van der Waals surface area (Å²) in [5, 5.41) is 12.0. The first-order chi connectivity index (χ1) is 14.5. The van der Waals surface area contributed by atoms with Crippen molar-refractivity contribution in [2.24, 2.45) is 0 Å². The molecular weight excluding hydrogens is 426 g/mol. The van der Waals surface area contributed by atoms with Gasteiger partial charge in [-0.3, -0.25) is 4.79 Å². The van der Waals surface area contributed by atoms with E-state index in [1.807, 2.05) is 36.4 Å². The summed E-state index contributed by atoms with van der Waals surface area (Å²) in [5.41, 5.74) is 1.71. The first-order valence-electron chi connectivity index (χ1n) is 9.09. The Morgan fingerprint density at radius 2 is 1.93 bits per heavy atom. The third kappa shape index (κ3) is 5.17. The molecule has 3 N–H and O–H groups in total. The van der Waals surface area contributed by atoms with Crippen molar-refractivity contribution < 1.29 is 14.3 Å². The van der Waals surface area contributed by atoms with E-state index in [0.29, 0.717) is 46.0 Å². The van der Waals surface area contributed by atoms with Crippen LogP contribution >= 0.6 is 23.4 Å². The third-order valence-electron chi connectivity index (χ3n) is 4.30. The lowest BCUT2D eigenvalue weighted by Crippen LogP contribution is -2.27. The molecule has 0 saturated carbocycles. The zero-order valence-electron chi connectivity index (χ0n) is 16.6. The van der Waals surface area contributed by atoms with Gasteiger partial charge in [0.2, 0.25) is 11.1 Å². The Hall–Kier alpha value is -2.91. The van der Waals surface area contributed by atoms with Crippen molar-refractivity contribution in [3.05, 3.63) is 53.1 Å². The standard InChI is InChI=1S/C20H22ClN5O3S/c1-28-16-8-7-13(11-17(16)29-2)9-10-23-18(27)12-30-20-25-24-19(26(20)22)14-5-3-4-6-15(14)21/h3-8,11H,9-10,12,22H2,1-2H3,(H,23,27). The van der Waals surface area contributed by atoms with Crippen LogP contribution in [0.2, 0.25) is 5.02 Å². The van der Waals surface area contributed by atoms with Gasteiger partial charge in [0, 0.05) is 12.1 Å². The number of amides is 1. The first-order valence-corrected chi connectivity index (χ1v) is 10.5. The van der Waals surface area contributed by atoms with Crippen molar-refractivity contribution in [3.8, 4) is 22.9 Å². The summed E-state index contributed by atoms with van der Waals surface area (Å²) < 4.78 is 11.9. The third-order valence-corrected chi connectivity index (χ3v) is 5.57. The maximum absolute atomic E-state index is 12.2. The highest BCUT2D eigenvalue weighted by atomic mass is 35.5. The Kier molecular flexibility index (Phi) is 7.42.